The van der Waals surface area contributed by atoms with Gasteiger partial charge in [0.25, 0.3) is 0 Å². The largest absolute Gasteiger partial charge is 0.493 e. The molecule has 2 aliphatic heterocycles. The summed E-state index contributed by atoms with van der Waals surface area (Å²) >= 11 is 0. The Kier molecular flexibility index (Phi) is 8.78. The van der Waals surface area contributed by atoms with Crippen LogP contribution in [0.2, 0.25) is 0 Å². The molecule has 0 saturated carbocycles. The Bertz CT molecular complexity index is 743. The molecule has 2 fully saturated rings. The minimum atomic E-state index is 0.198. The van der Waals surface area contributed by atoms with E-state index in [1.807, 2.05) is 30.0 Å². The number of rotatable bonds is 7. The summed E-state index contributed by atoms with van der Waals surface area (Å²) in [4.78, 5) is 23.3. The zero-order chi connectivity index (χ0) is 22.1. The Labute approximate surface area is 184 Å². The van der Waals surface area contributed by atoms with E-state index in [2.05, 4.69) is 20.1 Å². The van der Waals surface area contributed by atoms with Crippen molar-refractivity contribution in [2.75, 3.05) is 79.8 Å². The number of ether oxygens (including phenoxy) is 3. The van der Waals surface area contributed by atoms with Gasteiger partial charge in [-0.05, 0) is 24.6 Å². The van der Waals surface area contributed by atoms with Crippen LogP contribution in [-0.4, -0.2) is 106 Å². The van der Waals surface area contributed by atoms with Crippen LogP contribution in [0, 0.1) is 0 Å². The van der Waals surface area contributed by atoms with Crippen molar-refractivity contribution in [3.8, 4) is 11.5 Å². The first-order valence-corrected chi connectivity index (χ1v) is 11.0. The topological polar surface area (TPSA) is 78.9 Å². The van der Waals surface area contributed by atoms with E-state index in [1.54, 1.807) is 14.2 Å². The van der Waals surface area contributed by atoms with Gasteiger partial charge < -0.3 is 29.3 Å². The maximum atomic E-state index is 12.5. The molecule has 1 N–H and O–H groups in total. The maximum Gasteiger partial charge on any atom is 0.236 e. The molecule has 0 unspecified atom stereocenters. The second kappa shape index (κ2) is 11.8. The molecule has 172 valence electrons. The SMILES string of the molecule is CCOc1cc(CNC(=NC)N2CCN(CC(=O)N3CCOCC3)CC2)ccc1OC. The molecule has 1 amide bonds. The quantitative estimate of drug-likeness (QED) is 0.500. The lowest BCUT2D eigenvalue weighted by Gasteiger charge is -2.37. The zero-order valence-electron chi connectivity index (χ0n) is 18.9. The predicted molar refractivity (Wildman–Crippen MR) is 120 cm³/mol. The van der Waals surface area contributed by atoms with E-state index in [4.69, 9.17) is 14.2 Å². The average Bonchev–Trinajstić information content (AvgIpc) is 2.81. The molecule has 2 heterocycles. The smallest absolute Gasteiger partial charge is 0.236 e. The van der Waals surface area contributed by atoms with Gasteiger partial charge in [-0.3, -0.25) is 14.7 Å². The Morgan fingerprint density at radius 1 is 1.10 bits per heavy atom. The maximum absolute atomic E-state index is 12.5. The van der Waals surface area contributed by atoms with E-state index in [1.165, 1.54) is 0 Å². The number of morpholine rings is 1. The van der Waals surface area contributed by atoms with Crippen LogP contribution in [0.3, 0.4) is 0 Å². The average molecular weight is 434 g/mol. The van der Waals surface area contributed by atoms with Crippen LogP contribution in [0.25, 0.3) is 0 Å². The number of hydrogen-bond acceptors (Lipinski definition) is 6. The van der Waals surface area contributed by atoms with E-state index in [9.17, 15) is 4.79 Å². The molecule has 2 aliphatic rings. The second-order valence-electron chi connectivity index (χ2n) is 7.58. The summed E-state index contributed by atoms with van der Waals surface area (Å²) in [6, 6.07) is 5.95. The summed E-state index contributed by atoms with van der Waals surface area (Å²) in [6.45, 7) is 9.71. The van der Waals surface area contributed by atoms with Crippen molar-refractivity contribution in [2.24, 2.45) is 4.99 Å². The third-order valence-corrected chi connectivity index (χ3v) is 5.58. The highest BCUT2D eigenvalue weighted by Gasteiger charge is 2.24. The van der Waals surface area contributed by atoms with Gasteiger partial charge in [-0.1, -0.05) is 6.07 Å². The van der Waals surface area contributed by atoms with E-state index in [0.717, 1.165) is 49.2 Å². The highest BCUT2D eigenvalue weighted by molar-refractivity contribution is 5.80. The second-order valence-corrected chi connectivity index (χ2v) is 7.58. The highest BCUT2D eigenvalue weighted by Crippen LogP contribution is 2.28. The van der Waals surface area contributed by atoms with Crippen molar-refractivity contribution in [1.29, 1.82) is 0 Å². The fraction of sp³-hybridized carbons (Fsp3) is 0.636. The Morgan fingerprint density at radius 3 is 2.48 bits per heavy atom. The van der Waals surface area contributed by atoms with Crippen molar-refractivity contribution in [3.05, 3.63) is 23.8 Å². The number of guanidine groups is 1. The van der Waals surface area contributed by atoms with Crippen molar-refractivity contribution >= 4 is 11.9 Å². The number of hydrogen-bond donors (Lipinski definition) is 1. The fourth-order valence-electron chi connectivity index (χ4n) is 3.83. The number of carbonyl (C=O) groups excluding carboxylic acids is 1. The van der Waals surface area contributed by atoms with Crippen LogP contribution in [0.4, 0.5) is 0 Å². The number of aliphatic imine (C=N–C) groups is 1. The summed E-state index contributed by atoms with van der Waals surface area (Å²) in [5.41, 5.74) is 1.10. The molecule has 0 atom stereocenters. The molecule has 1 aromatic carbocycles. The normalized spacial score (nSPS) is 18.1. The molecular weight excluding hydrogens is 398 g/mol. The van der Waals surface area contributed by atoms with Gasteiger partial charge in [0.1, 0.15) is 0 Å². The number of methoxy groups -OCH3 is 1. The Morgan fingerprint density at radius 2 is 1.84 bits per heavy atom. The van der Waals surface area contributed by atoms with Crippen LogP contribution < -0.4 is 14.8 Å². The van der Waals surface area contributed by atoms with Gasteiger partial charge in [0.15, 0.2) is 17.5 Å². The van der Waals surface area contributed by atoms with Gasteiger partial charge in [-0.25, -0.2) is 0 Å². The third kappa shape index (κ3) is 6.48. The first-order valence-electron chi connectivity index (χ1n) is 11.0. The molecule has 9 nitrogen and oxygen atoms in total. The van der Waals surface area contributed by atoms with Crippen LogP contribution in [0.1, 0.15) is 12.5 Å². The van der Waals surface area contributed by atoms with Crippen molar-refractivity contribution < 1.29 is 19.0 Å². The van der Waals surface area contributed by atoms with Gasteiger partial charge in [-0.2, -0.15) is 0 Å². The minimum Gasteiger partial charge on any atom is -0.493 e. The number of nitrogens with one attached hydrogen (secondary N) is 1. The molecule has 0 spiro atoms. The molecule has 1 aromatic rings. The summed E-state index contributed by atoms with van der Waals surface area (Å²) in [5, 5.41) is 3.44. The lowest BCUT2D eigenvalue weighted by Crippen LogP contribution is -2.54. The number of nitrogens with zero attached hydrogens (tertiary/aromatic N) is 4. The lowest BCUT2D eigenvalue weighted by molar-refractivity contribution is -0.136. The predicted octanol–water partition coefficient (Wildman–Crippen LogP) is 0.646. The van der Waals surface area contributed by atoms with Gasteiger partial charge in [0.05, 0.1) is 33.5 Å². The van der Waals surface area contributed by atoms with E-state index in [0.29, 0.717) is 46.0 Å². The van der Waals surface area contributed by atoms with Crippen molar-refractivity contribution in [3.63, 3.8) is 0 Å². The van der Waals surface area contributed by atoms with Gasteiger partial charge in [-0.15, -0.1) is 0 Å². The molecule has 2 saturated heterocycles. The number of amides is 1. The standard InChI is InChI=1S/C22H35N5O4/c1-4-31-20-15-18(5-6-19(20)29-3)16-24-22(23-2)27-9-7-25(8-10-27)17-21(28)26-11-13-30-14-12-26/h5-6,15H,4,7-14,16-17H2,1-3H3,(H,23,24). The molecular formula is C22H35N5O4. The first-order chi connectivity index (χ1) is 15.1. The van der Waals surface area contributed by atoms with Gasteiger partial charge in [0, 0.05) is 52.9 Å². The lowest BCUT2D eigenvalue weighted by atomic mass is 10.2. The van der Waals surface area contributed by atoms with Crippen LogP contribution in [0.5, 0.6) is 11.5 Å². The highest BCUT2D eigenvalue weighted by atomic mass is 16.5. The van der Waals surface area contributed by atoms with Crippen LogP contribution in [-0.2, 0) is 16.1 Å². The molecule has 0 radical (unpaired) electrons. The third-order valence-electron chi connectivity index (χ3n) is 5.58. The zero-order valence-corrected chi connectivity index (χ0v) is 18.9. The summed E-state index contributed by atoms with van der Waals surface area (Å²) in [6.07, 6.45) is 0. The van der Waals surface area contributed by atoms with Gasteiger partial charge >= 0.3 is 0 Å². The molecule has 9 heteroatoms. The number of benzene rings is 1. The van der Waals surface area contributed by atoms with E-state index >= 15 is 0 Å². The first kappa shape index (κ1) is 23.1. The Balaban J connectivity index is 1.47. The van der Waals surface area contributed by atoms with Crippen molar-refractivity contribution in [2.45, 2.75) is 13.5 Å². The summed E-state index contributed by atoms with van der Waals surface area (Å²) in [5.74, 6) is 2.55. The van der Waals surface area contributed by atoms with E-state index < -0.39 is 0 Å². The number of piperazine rings is 1. The molecule has 3 rings (SSSR count). The molecule has 0 aliphatic carbocycles. The summed E-state index contributed by atoms with van der Waals surface area (Å²) < 4.78 is 16.4. The monoisotopic (exact) mass is 433 g/mol. The van der Waals surface area contributed by atoms with E-state index in [-0.39, 0.29) is 5.91 Å². The van der Waals surface area contributed by atoms with Crippen molar-refractivity contribution in [1.82, 2.24) is 20.0 Å². The molecule has 0 bridgehead atoms. The fourth-order valence-corrected chi connectivity index (χ4v) is 3.83. The Hall–Kier alpha value is -2.52. The number of carbonyl (C=O) groups is 1. The summed E-state index contributed by atoms with van der Waals surface area (Å²) in [7, 11) is 3.45. The van der Waals surface area contributed by atoms with Crippen LogP contribution >= 0.6 is 0 Å². The minimum absolute atomic E-state index is 0.198. The van der Waals surface area contributed by atoms with Crippen LogP contribution in [0.15, 0.2) is 23.2 Å². The molecule has 0 aromatic heterocycles. The van der Waals surface area contributed by atoms with Gasteiger partial charge in [0.2, 0.25) is 5.91 Å². The molecule has 31 heavy (non-hydrogen) atoms.